The van der Waals surface area contributed by atoms with Crippen molar-refractivity contribution in [3.05, 3.63) is 29.8 Å². The minimum Gasteiger partial charge on any atom is -0.409 e. The Kier molecular flexibility index (Phi) is 3.82. The molecule has 0 unspecified atom stereocenters. The van der Waals surface area contributed by atoms with Gasteiger partial charge in [0.05, 0.1) is 0 Å². The van der Waals surface area contributed by atoms with Crippen LogP contribution < -0.4 is 10.6 Å². The van der Waals surface area contributed by atoms with Gasteiger partial charge in [-0.15, -0.1) is 0 Å². The summed E-state index contributed by atoms with van der Waals surface area (Å²) in [6.07, 6.45) is -4.28. The summed E-state index contributed by atoms with van der Waals surface area (Å²) in [5.74, 6) is -0.146. The smallest absolute Gasteiger partial charge is 0.405 e. The molecule has 0 atom stereocenters. The predicted molar refractivity (Wildman–Crippen MR) is 58.3 cm³/mol. The van der Waals surface area contributed by atoms with Gasteiger partial charge in [-0.25, -0.2) is 0 Å². The maximum absolute atomic E-state index is 12.2. The minimum absolute atomic E-state index is 0.146. The van der Waals surface area contributed by atoms with Gasteiger partial charge in [0, 0.05) is 18.3 Å². The zero-order valence-electron chi connectivity index (χ0n) is 9.07. The van der Waals surface area contributed by atoms with Gasteiger partial charge in [-0.1, -0.05) is 17.3 Å². The van der Waals surface area contributed by atoms with Crippen LogP contribution in [0.4, 0.5) is 18.9 Å². The van der Waals surface area contributed by atoms with E-state index in [4.69, 9.17) is 10.9 Å². The van der Waals surface area contributed by atoms with Crippen molar-refractivity contribution in [2.45, 2.75) is 6.18 Å². The summed E-state index contributed by atoms with van der Waals surface area (Å²) in [6.45, 7) is -1.06. The maximum atomic E-state index is 12.2. The molecule has 1 rings (SSSR count). The van der Waals surface area contributed by atoms with Gasteiger partial charge in [-0.2, -0.15) is 13.2 Å². The zero-order chi connectivity index (χ0) is 13.1. The Hall–Kier alpha value is -1.92. The predicted octanol–water partition coefficient (Wildman–Crippen LogP) is 1.78. The Bertz CT molecular complexity index is 418. The number of nitrogens with zero attached hydrogens (tertiary/aromatic N) is 2. The van der Waals surface area contributed by atoms with Crippen molar-refractivity contribution in [2.24, 2.45) is 10.9 Å². The Balaban J connectivity index is 2.92. The van der Waals surface area contributed by atoms with Crippen LogP contribution in [0.2, 0.25) is 0 Å². The molecule has 0 aliphatic rings. The second-order valence-corrected chi connectivity index (χ2v) is 3.51. The van der Waals surface area contributed by atoms with Crippen molar-refractivity contribution in [2.75, 3.05) is 18.5 Å². The van der Waals surface area contributed by atoms with Gasteiger partial charge in [-0.05, 0) is 12.1 Å². The molecule has 4 nitrogen and oxygen atoms in total. The second-order valence-electron chi connectivity index (χ2n) is 3.51. The Morgan fingerprint density at radius 1 is 1.47 bits per heavy atom. The first kappa shape index (κ1) is 13.1. The number of benzene rings is 1. The Labute approximate surface area is 96.1 Å². The maximum Gasteiger partial charge on any atom is 0.405 e. The second kappa shape index (κ2) is 4.94. The third kappa shape index (κ3) is 3.86. The van der Waals surface area contributed by atoms with Crippen molar-refractivity contribution < 1.29 is 18.4 Å². The number of nitrogens with two attached hydrogens (primary N) is 1. The quantitative estimate of drug-likeness (QED) is 0.370. The molecule has 0 saturated heterocycles. The van der Waals surface area contributed by atoms with Crippen LogP contribution in [0.5, 0.6) is 0 Å². The molecule has 0 aromatic heterocycles. The molecule has 94 valence electrons. The monoisotopic (exact) mass is 247 g/mol. The molecule has 0 spiro atoms. The van der Waals surface area contributed by atoms with E-state index in [2.05, 4.69) is 5.16 Å². The first-order valence-electron chi connectivity index (χ1n) is 4.69. The van der Waals surface area contributed by atoms with Gasteiger partial charge in [0.25, 0.3) is 0 Å². The van der Waals surface area contributed by atoms with Crippen LogP contribution in [-0.2, 0) is 0 Å². The molecule has 3 N–H and O–H groups in total. The highest BCUT2D eigenvalue weighted by molar-refractivity contribution is 5.97. The summed E-state index contributed by atoms with van der Waals surface area (Å²) in [5, 5.41) is 11.3. The van der Waals surface area contributed by atoms with Crippen molar-refractivity contribution in [1.29, 1.82) is 0 Å². The molecule has 0 saturated carbocycles. The largest absolute Gasteiger partial charge is 0.409 e. The van der Waals surface area contributed by atoms with Crippen molar-refractivity contribution >= 4 is 11.5 Å². The summed E-state index contributed by atoms with van der Waals surface area (Å²) in [5.41, 5.74) is 6.05. The highest BCUT2D eigenvalue weighted by atomic mass is 19.4. The summed E-state index contributed by atoms with van der Waals surface area (Å²) < 4.78 is 36.6. The van der Waals surface area contributed by atoms with E-state index in [1.165, 1.54) is 25.2 Å². The molecule has 0 heterocycles. The third-order valence-corrected chi connectivity index (χ3v) is 2.11. The summed E-state index contributed by atoms with van der Waals surface area (Å²) in [6, 6.07) is 6.01. The SMILES string of the molecule is CN(CC(F)(F)F)c1cccc(C(N)=NO)c1. The molecule has 0 amide bonds. The molecule has 0 aliphatic heterocycles. The number of hydrogen-bond donors (Lipinski definition) is 2. The van der Waals surface area contributed by atoms with Gasteiger partial charge in [-0.3, -0.25) is 0 Å². The molecule has 1 aromatic carbocycles. The normalized spacial score (nSPS) is 12.6. The van der Waals surface area contributed by atoms with Gasteiger partial charge < -0.3 is 15.8 Å². The summed E-state index contributed by atoms with van der Waals surface area (Å²) in [4.78, 5) is 1.04. The van der Waals surface area contributed by atoms with Gasteiger partial charge in [0.2, 0.25) is 0 Å². The third-order valence-electron chi connectivity index (χ3n) is 2.11. The minimum atomic E-state index is -4.28. The lowest BCUT2D eigenvalue weighted by Gasteiger charge is -2.21. The van der Waals surface area contributed by atoms with Crippen LogP contribution in [0, 0.1) is 0 Å². The fourth-order valence-electron chi connectivity index (χ4n) is 1.32. The van der Waals surface area contributed by atoms with Crippen LogP contribution in [0.1, 0.15) is 5.56 Å². The van der Waals surface area contributed by atoms with Crippen LogP contribution in [-0.4, -0.2) is 30.8 Å². The lowest BCUT2D eigenvalue weighted by atomic mass is 10.2. The van der Waals surface area contributed by atoms with Crippen LogP contribution in [0.15, 0.2) is 29.4 Å². The van der Waals surface area contributed by atoms with E-state index in [1.807, 2.05) is 0 Å². The number of rotatable bonds is 3. The molecule has 0 fully saturated rings. The van der Waals surface area contributed by atoms with Gasteiger partial charge >= 0.3 is 6.18 Å². The van der Waals surface area contributed by atoms with E-state index in [0.717, 1.165) is 4.90 Å². The standard InChI is InChI=1S/C10H12F3N3O/c1-16(6-10(11,12)13)8-4-2-3-7(5-8)9(14)15-17/h2-5,17H,6H2,1H3,(H2,14,15). The zero-order valence-corrected chi connectivity index (χ0v) is 9.07. The van der Waals surface area contributed by atoms with E-state index in [0.29, 0.717) is 11.3 Å². The number of anilines is 1. The Morgan fingerprint density at radius 2 is 2.12 bits per heavy atom. The van der Waals surface area contributed by atoms with E-state index in [9.17, 15) is 13.2 Å². The van der Waals surface area contributed by atoms with E-state index in [-0.39, 0.29) is 5.84 Å². The fraction of sp³-hybridized carbons (Fsp3) is 0.300. The lowest BCUT2D eigenvalue weighted by Crippen LogP contribution is -2.31. The Morgan fingerprint density at radius 3 is 2.65 bits per heavy atom. The highest BCUT2D eigenvalue weighted by Crippen LogP contribution is 2.21. The number of alkyl halides is 3. The first-order chi connectivity index (χ1) is 7.83. The van der Waals surface area contributed by atoms with E-state index < -0.39 is 12.7 Å². The molecule has 7 heteroatoms. The molecule has 0 aliphatic carbocycles. The molecule has 17 heavy (non-hydrogen) atoms. The molecule has 1 aromatic rings. The molecular formula is C10H12F3N3O. The topological polar surface area (TPSA) is 61.8 Å². The van der Waals surface area contributed by atoms with Gasteiger partial charge in [0.15, 0.2) is 5.84 Å². The van der Waals surface area contributed by atoms with Gasteiger partial charge in [0.1, 0.15) is 6.54 Å². The van der Waals surface area contributed by atoms with E-state index >= 15 is 0 Å². The van der Waals surface area contributed by atoms with Crippen molar-refractivity contribution in [3.63, 3.8) is 0 Å². The highest BCUT2D eigenvalue weighted by Gasteiger charge is 2.29. The number of halogens is 3. The van der Waals surface area contributed by atoms with Crippen molar-refractivity contribution in [3.8, 4) is 0 Å². The fourth-order valence-corrected chi connectivity index (χ4v) is 1.32. The first-order valence-corrected chi connectivity index (χ1v) is 4.69. The molecule has 0 bridgehead atoms. The van der Waals surface area contributed by atoms with E-state index in [1.54, 1.807) is 6.07 Å². The number of amidine groups is 1. The summed E-state index contributed by atoms with van der Waals surface area (Å²) >= 11 is 0. The summed E-state index contributed by atoms with van der Waals surface area (Å²) in [7, 11) is 1.32. The lowest BCUT2D eigenvalue weighted by molar-refractivity contribution is -0.119. The number of hydrogen-bond acceptors (Lipinski definition) is 3. The molecule has 0 radical (unpaired) electrons. The van der Waals surface area contributed by atoms with Crippen LogP contribution >= 0.6 is 0 Å². The number of oxime groups is 1. The average molecular weight is 247 g/mol. The molecular weight excluding hydrogens is 235 g/mol. The van der Waals surface area contributed by atoms with Crippen molar-refractivity contribution in [1.82, 2.24) is 0 Å². The van der Waals surface area contributed by atoms with Crippen LogP contribution in [0.3, 0.4) is 0 Å². The average Bonchev–Trinajstić information content (AvgIpc) is 2.26. The van der Waals surface area contributed by atoms with Crippen LogP contribution in [0.25, 0.3) is 0 Å².